The molecule has 0 spiro atoms. The molecule has 3 heteroatoms. The van der Waals surface area contributed by atoms with E-state index < -0.39 is 6.04 Å². The van der Waals surface area contributed by atoms with Crippen LogP contribution in [0.3, 0.4) is 0 Å². The molecule has 0 saturated heterocycles. The van der Waals surface area contributed by atoms with Crippen LogP contribution in [0.1, 0.15) is 32.1 Å². The van der Waals surface area contributed by atoms with E-state index in [9.17, 15) is 4.79 Å². The van der Waals surface area contributed by atoms with Crippen LogP contribution in [0.4, 0.5) is 0 Å². The quantitative estimate of drug-likeness (QED) is 0.650. The summed E-state index contributed by atoms with van der Waals surface area (Å²) < 4.78 is 0. The molecule has 1 atom stereocenters. The third-order valence-corrected chi connectivity index (χ3v) is 2.64. The first kappa shape index (κ1) is 12.0. The monoisotopic (exact) mass is 208 g/mol. The standard InChI is InChI=1S/C12H20N2O/c1-2-5-11(13)12(15)14-9-8-10-6-3-4-7-10/h2,6,11H,1,3-5,7-9,13H2,(H,14,15). The van der Waals surface area contributed by atoms with Crippen molar-refractivity contribution in [2.45, 2.75) is 38.1 Å². The lowest BCUT2D eigenvalue weighted by Crippen LogP contribution is -2.40. The summed E-state index contributed by atoms with van der Waals surface area (Å²) in [4.78, 5) is 11.4. The average molecular weight is 208 g/mol. The van der Waals surface area contributed by atoms with Gasteiger partial charge in [0.25, 0.3) is 0 Å². The average Bonchev–Trinajstić information content (AvgIpc) is 2.71. The van der Waals surface area contributed by atoms with Gasteiger partial charge in [-0.25, -0.2) is 0 Å². The molecule has 0 aliphatic heterocycles. The second-order valence-electron chi connectivity index (χ2n) is 3.93. The van der Waals surface area contributed by atoms with E-state index in [0.717, 1.165) is 6.42 Å². The summed E-state index contributed by atoms with van der Waals surface area (Å²) in [6.07, 6.45) is 9.09. The third kappa shape index (κ3) is 4.30. The molecule has 15 heavy (non-hydrogen) atoms. The topological polar surface area (TPSA) is 55.1 Å². The second kappa shape index (κ2) is 6.40. The zero-order valence-electron chi connectivity index (χ0n) is 9.17. The van der Waals surface area contributed by atoms with Crippen LogP contribution in [0.15, 0.2) is 24.3 Å². The van der Waals surface area contributed by atoms with Gasteiger partial charge in [-0.1, -0.05) is 17.7 Å². The fourth-order valence-electron chi connectivity index (χ4n) is 1.73. The lowest BCUT2D eigenvalue weighted by molar-refractivity contribution is -0.122. The minimum atomic E-state index is -0.444. The Morgan fingerprint density at radius 3 is 3.13 bits per heavy atom. The van der Waals surface area contributed by atoms with Gasteiger partial charge < -0.3 is 11.1 Å². The molecule has 3 nitrogen and oxygen atoms in total. The van der Waals surface area contributed by atoms with Gasteiger partial charge in [-0.2, -0.15) is 0 Å². The Kier molecular flexibility index (Phi) is 5.12. The molecule has 0 aromatic carbocycles. The van der Waals surface area contributed by atoms with Crippen LogP contribution in [0.5, 0.6) is 0 Å². The largest absolute Gasteiger partial charge is 0.354 e. The lowest BCUT2D eigenvalue weighted by atomic mass is 10.1. The van der Waals surface area contributed by atoms with E-state index in [0.29, 0.717) is 13.0 Å². The van der Waals surface area contributed by atoms with Crippen LogP contribution < -0.4 is 11.1 Å². The normalized spacial score (nSPS) is 17.0. The number of hydrogen-bond donors (Lipinski definition) is 2. The molecule has 1 aliphatic carbocycles. The first-order valence-corrected chi connectivity index (χ1v) is 5.56. The summed E-state index contributed by atoms with van der Waals surface area (Å²) in [6.45, 7) is 4.26. The van der Waals surface area contributed by atoms with Gasteiger partial charge in [0, 0.05) is 6.54 Å². The van der Waals surface area contributed by atoms with E-state index in [1.165, 1.54) is 24.8 Å². The van der Waals surface area contributed by atoms with Gasteiger partial charge in [-0.05, 0) is 32.1 Å². The Bertz CT molecular complexity index is 258. The lowest BCUT2D eigenvalue weighted by Gasteiger charge is -2.10. The number of amides is 1. The molecule has 0 saturated carbocycles. The van der Waals surface area contributed by atoms with Gasteiger partial charge >= 0.3 is 0 Å². The Labute approximate surface area is 91.4 Å². The van der Waals surface area contributed by atoms with Crippen molar-refractivity contribution in [3.8, 4) is 0 Å². The number of nitrogens with two attached hydrogens (primary N) is 1. The van der Waals surface area contributed by atoms with E-state index in [1.807, 2.05) is 0 Å². The molecule has 0 heterocycles. The number of hydrogen-bond acceptors (Lipinski definition) is 2. The van der Waals surface area contributed by atoms with Crippen LogP contribution in [-0.2, 0) is 4.79 Å². The first-order valence-electron chi connectivity index (χ1n) is 5.56. The Balaban J connectivity index is 2.13. The molecule has 0 radical (unpaired) electrons. The van der Waals surface area contributed by atoms with Crippen molar-refractivity contribution in [3.63, 3.8) is 0 Å². The van der Waals surface area contributed by atoms with Gasteiger partial charge in [-0.15, -0.1) is 6.58 Å². The smallest absolute Gasteiger partial charge is 0.237 e. The summed E-state index contributed by atoms with van der Waals surface area (Å²) >= 11 is 0. The Morgan fingerprint density at radius 2 is 2.53 bits per heavy atom. The Morgan fingerprint density at radius 1 is 1.73 bits per heavy atom. The molecule has 1 aliphatic rings. The van der Waals surface area contributed by atoms with Gasteiger partial charge in [0.2, 0.25) is 5.91 Å². The van der Waals surface area contributed by atoms with E-state index in [-0.39, 0.29) is 5.91 Å². The number of carbonyl (C=O) groups excluding carboxylic acids is 1. The molecule has 1 rings (SSSR count). The van der Waals surface area contributed by atoms with E-state index >= 15 is 0 Å². The van der Waals surface area contributed by atoms with E-state index in [2.05, 4.69) is 18.0 Å². The van der Waals surface area contributed by atoms with Crippen molar-refractivity contribution >= 4 is 5.91 Å². The second-order valence-corrected chi connectivity index (χ2v) is 3.93. The minimum Gasteiger partial charge on any atom is -0.354 e. The van der Waals surface area contributed by atoms with Gasteiger partial charge in [0.1, 0.15) is 0 Å². The fourth-order valence-corrected chi connectivity index (χ4v) is 1.73. The van der Waals surface area contributed by atoms with Crippen molar-refractivity contribution in [3.05, 3.63) is 24.3 Å². The van der Waals surface area contributed by atoms with Crippen molar-refractivity contribution in [1.82, 2.24) is 5.32 Å². The summed E-state index contributed by atoms with van der Waals surface area (Å²) in [5.41, 5.74) is 7.09. The van der Waals surface area contributed by atoms with Crippen LogP contribution in [-0.4, -0.2) is 18.5 Å². The summed E-state index contributed by atoms with van der Waals surface area (Å²) in [5.74, 6) is -0.0755. The maximum absolute atomic E-state index is 11.4. The predicted molar refractivity (Wildman–Crippen MR) is 62.4 cm³/mol. The van der Waals surface area contributed by atoms with Crippen molar-refractivity contribution < 1.29 is 4.79 Å². The van der Waals surface area contributed by atoms with Crippen LogP contribution >= 0.6 is 0 Å². The molecule has 0 fully saturated rings. The molecule has 0 aromatic heterocycles. The van der Waals surface area contributed by atoms with Crippen molar-refractivity contribution in [2.24, 2.45) is 5.73 Å². The molecule has 0 bridgehead atoms. The SMILES string of the molecule is C=CCC(N)C(=O)NCCC1=CCCC1. The molecular weight excluding hydrogens is 188 g/mol. The van der Waals surface area contributed by atoms with E-state index in [4.69, 9.17) is 5.73 Å². The molecule has 0 aromatic rings. The molecule has 3 N–H and O–H groups in total. The molecular formula is C12H20N2O. The minimum absolute atomic E-state index is 0.0755. The molecule has 1 amide bonds. The third-order valence-electron chi connectivity index (χ3n) is 2.64. The van der Waals surface area contributed by atoms with Gasteiger partial charge in [0.05, 0.1) is 6.04 Å². The van der Waals surface area contributed by atoms with Crippen LogP contribution in [0, 0.1) is 0 Å². The highest BCUT2D eigenvalue weighted by Gasteiger charge is 2.11. The van der Waals surface area contributed by atoms with Crippen molar-refractivity contribution in [2.75, 3.05) is 6.54 Å². The van der Waals surface area contributed by atoms with Crippen molar-refractivity contribution in [1.29, 1.82) is 0 Å². The number of allylic oxidation sites excluding steroid dienone is 1. The number of rotatable bonds is 6. The summed E-state index contributed by atoms with van der Waals surface area (Å²) in [6, 6.07) is -0.444. The number of carbonyl (C=O) groups is 1. The first-order chi connectivity index (χ1) is 7.24. The number of nitrogens with one attached hydrogen (secondary N) is 1. The summed E-state index contributed by atoms with van der Waals surface area (Å²) in [5, 5.41) is 2.84. The van der Waals surface area contributed by atoms with Gasteiger partial charge in [0.15, 0.2) is 0 Å². The highest BCUT2D eigenvalue weighted by molar-refractivity contribution is 5.81. The highest BCUT2D eigenvalue weighted by Crippen LogP contribution is 2.19. The summed E-state index contributed by atoms with van der Waals surface area (Å²) in [7, 11) is 0. The molecule has 84 valence electrons. The van der Waals surface area contributed by atoms with Crippen LogP contribution in [0.25, 0.3) is 0 Å². The highest BCUT2D eigenvalue weighted by atomic mass is 16.2. The van der Waals surface area contributed by atoms with Gasteiger partial charge in [-0.3, -0.25) is 4.79 Å². The maximum Gasteiger partial charge on any atom is 0.237 e. The fraction of sp³-hybridized carbons (Fsp3) is 0.583. The maximum atomic E-state index is 11.4. The predicted octanol–water partition coefficient (Wildman–Crippen LogP) is 1.51. The Hall–Kier alpha value is -1.09. The van der Waals surface area contributed by atoms with E-state index in [1.54, 1.807) is 6.08 Å². The zero-order valence-corrected chi connectivity index (χ0v) is 9.17. The van der Waals surface area contributed by atoms with Crippen LogP contribution in [0.2, 0.25) is 0 Å². The molecule has 1 unspecified atom stereocenters. The zero-order chi connectivity index (χ0) is 11.1.